The van der Waals surface area contributed by atoms with Crippen molar-refractivity contribution in [3.63, 3.8) is 0 Å². The Labute approximate surface area is 194 Å². The van der Waals surface area contributed by atoms with Crippen molar-refractivity contribution in [1.82, 2.24) is 14.7 Å². The molecule has 0 radical (unpaired) electrons. The summed E-state index contributed by atoms with van der Waals surface area (Å²) in [6.07, 6.45) is 1.20. The minimum absolute atomic E-state index is 0.00780. The second-order valence-corrected chi connectivity index (χ2v) is 9.46. The maximum atomic E-state index is 13.2. The summed E-state index contributed by atoms with van der Waals surface area (Å²) in [5.41, 5.74) is 1.20. The number of aliphatic hydroxyl groups is 1. The van der Waals surface area contributed by atoms with Crippen LogP contribution in [-0.2, 0) is 11.2 Å². The van der Waals surface area contributed by atoms with Crippen molar-refractivity contribution in [3.05, 3.63) is 70.7 Å². The summed E-state index contributed by atoms with van der Waals surface area (Å²) in [5, 5.41) is 10.8. The van der Waals surface area contributed by atoms with Gasteiger partial charge < -0.3 is 14.9 Å². The van der Waals surface area contributed by atoms with Crippen LogP contribution in [-0.4, -0.2) is 82.5 Å². The van der Waals surface area contributed by atoms with E-state index in [4.69, 9.17) is 11.6 Å². The number of halogens is 1. The van der Waals surface area contributed by atoms with E-state index < -0.39 is 5.54 Å². The molecule has 32 heavy (non-hydrogen) atoms. The van der Waals surface area contributed by atoms with Crippen LogP contribution in [0, 0.1) is 0 Å². The lowest BCUT2D eigenvalue weighted by molar-refractivity contribution is -0.140. The monoisotopic (exact) mass is 455 g/mol. The zero-order valence-corrected chi connectivity index (χ0v) is 19.2. The number of hydrogen-bond acceptors (Lipinski definition) is 4. The van der Waals surface area contributed by atoms with Gasteiger partial charge in [-0.2, -0.15) is 0 Å². The van der Waals surface area contributed by atoms with Crippen molar-refractivity contribution in [2.24, 2.45) is 0 Å². The quantitative estimate of drug-likeness (QED) is 0.753. The van der Waals surface area contributed by atoms with Crippen molar-refractivity contribution in [3.8, 4) is 0 Å². The predicted molar refractivity (Wildman–Crippen MR) is 125 cm³/mol. The zero-order chi connectivity index (χ0) is 22.7. The number of aliphatic hydroxyl groups excluding tert-OH is 1. The summed E-state index contributed by atoms with van der Waals surface area (Å²) in [4.78, 5) is 32.1. The number of benzene rings is 2. The van der Waals surface area contributed by atoms with E-state index in [0.29, 0.717) is 49.7 Å². The molecule has 6 nitrogen and oxygen atoms in total. The molecule has 0 saturated carbocycles. The van der Waals surface area contributed by atoms with Gasteiger partial charge in [-0.15, -0.1) is 0 Å². The topological polar surface area (TPSA) is 64.1 Å². The molecule has 2 aliphatic heterocycles. The number of carbonyl (C=O) groups excluding carboxylic acids is 2. The van der Waals surface area contributed by atoms with Crippen LogP contribution in [0.5, 0.6) is 0 Å². The minimum Gasteiger partial charge on any atom is -0.394 e. The van der Waals surface area contributed by atoms with E-state index in [1.165, 1.54) is 0 Å². The first-order valence-electron chi connectivity index (χ1n) is 11.1. The standard InChI is InChI=1S/C25H30ClN3O3/c1-25(18-30)17-28(24(32)20-8-10-21(26)11-9-20)16-22-15-27(13-14-29(22)25)23(31)12-7-19-5-3-2-4-6-19/h2-6,8-11,22,30H,7,12-18H2,1H3/t22-,25-/m0/s1. The van der Waals surface area contributed by atoms with E-state index in [1.54, 1.807) is 29.2 Å². The van der Waals surface area contributed by atoms with Crippen LogP contribution in [0.2, 0.25) is 5.02 Å². The van der Waals surface area contributed by atoms with Crippen LogP contribution in [0.25, 0.3) is 0 Å². The number of carbonyl (C=O) groups is 2. The normalized spacial score (nSPS) is 23.7. The van der Waals surface area contributed by atoms with E-state index in [0.717, 1.165) is 12.0 Å². The molecule has 2 atom stereocenters. The number of aryl methyl sites for hydroxylation is 1. The van der Waals surface area contributed by atoms with Crippen LogP contribution >= 0.6 is 11.6 Å². The molecule has 0 aliphatic carbocycles. The van der Waals surface area contributed by atoms with Crippen molar-refractivity contribution >= 4 is 23.4 Å². The van der Waals surface area contributed by atoms with Gasteiger partial charge in [0.05, 0.1) is 12.1 Å². The number of amides is 2. The van der Waals surface area contributed by atoms with E-state index >= 15 is 0 Å². The lowest BCUT2D eigenvalue weighted by Crippen LogP contribution is -2.72. The predicted octanol–water partition coefficient (Wildman–Crippen LogP) is 2.69. The highest BCUT2D eigenvalue weighted by atomic mass is 35.5. The Bertz CT molecular complexity index is 953. The van der Waals surface area contributed by atoms with Crippen LogP contribution in [0.1, 0.15) is 29.3 Å². The van der Waals surface area contributed by atoms with Crippen molar-refractivity contribution < 1.29 is 14.7 Å². The first kappa shape index (κ1) is 22.8. The molecule has 2 aromatic carbocycles. The summed E-state index contributed by atoms with van der Waals surface area (Å²) >= 11 is 5.97. The first-order chi connectivity index (χ1) is 15.4. The van der Waals surface area contributed by atoms with Crippen LogP contribution in [0.3, 0.4) is 0 Å². The highest BCUT2D eigenvalue weighted by molar-refractivity contribution is 6.30. The number of nitrogens with zero attached hydrogens (tertiary/aromatic N) is 3. The van der Waals surface area contributed by atoms with E-state index in [-0.39, 0.29) is 24.5 Å². The summed E-state index contributed by atoms with van der Waals surface area (Å²) in [7, 11) is 0. The fourth-order valence-corrected chi connectivity index (χ4v) is 5.02. The number of fused-ring (bicyclic) bond motifs is 1. The lowest BCUT2D eigenvalue weighted by atomic mass is 9.91. The third kappa shape index (κ3) is 4.82. The molecule has 2 aliphatic rings. The Balaban J connectivity index is 1.45. The molecular weight excluding hydrogens is 426 g/mol. The average Bonchev–Trinajstić information content (AvgIpc) is 2.82. The van der Waals surface area contributed by atoms with Crippen molar-refractivity contribution in [2.45, 2.75) is 31.3 Å². The fraction of sp³-hybridized carbons (Fsp3) is 0.440. The molecule has 2 amide bonds. The minimum atomic E-state index is -0.538. The summed E-state index contributed by atoms with van der Waals surface area (Å²) in [5.74, 6) is 0.0638. The Morgan fingerprint density at radius 3 is 2.41 bits per heavy atom. The maximum absolute atomic E-state index is 13.2. The number of hydrogen-bond donors (Lipinski definition) is 1. The molecule has 4 rings (SSSR count). The number of rotatable bonds is 5. The van der Waals surface area contributed by atoms with E-state index in [2.05, 4.69) is 4.90 Å². The van der Waals surface area contributed by atoms with Gasteiger partial charge in [-0.25, -0.2) is 0 Å². The molecule has 2 aromatic rings. The average molecular weight is 456 g/mol. The van der Waals surface area contributed by atoms with Gasteiger partial charge in [-0.1, -0.05) is 41.9 Å². The molecule has 170 valence electrons. The Kier molecular flexibility index (Phi) is 6.84. The molecule has 1 N–H and O–H groups in total. The first-order valence-corrected chi connectivity index (χ1v) is 11.5. The smallest absolute Gasteiger partial charge is 0.253 e. The van der Waals surface area contributed by atoms with Crippen LogP contribution in [0.4, 0.5) is 0 Å². The molecule has 0 unspecified atom stereocenters. The van der Waals surface area contributed by atoms with Crippen LogP contribution < -0.4 is 0 Å². The van der Waals surface area contributed by atoms with E-state index in [1.807, 2.05) is 42.2 Å². The highest BCUT2D eigenvalue weighted by Crippen LogP contribution is 2.29. The maximum Gasteiger partial charge on any atom is 0.253 e. The van der Waals surface area contributed by atoms with Crippen molar-refractivity contribution in [1.29, 1.82) is 0 Å². The van der Waals surface area contributed by atoms with Gasteiger partial charge in [0.25, 0.3) is 5.91 Å². The SMILES string of the molecule is C[C@@]1(CO)CN(C(=O)c2ccc(Cl)cc2)C[C@@H]2CN(C(=O)CCc3ccccc3)CCN21. The Morgan fingerprint density at radius 1 is 1.03 bits per heavy atom. The molecule has 2 fully saturated rings. The summed E-state index contributed by atoms with van der Waals surface area (Å²) < 4.78 is 0. The molecular formula is C25H30ClN3O3. The summed E-state index contributed by atoms with van der Waals surface area (Å²) in [6, 6.07) is 16.9. The number of piperazine rings is 2. The second-order valence-electron chi connectivity index (χ2n) is 9.02. The van der Waals surface area contributed by atoms with Gasteiger partial charge in [0.1, 0.15) is 0 Å². The van der Waals surface area contributed by atoms with Gasteiger partial charge in [-0.05, 0) is 43.2 Å². The van der Waals surface area contributed by atoms with E-state index in [9.17, 15) is 14.7 Å². The Hall–Kier alpha value is -2.41. The van der Waals surface area contributed by atoms with Gasteiger partial charge in [0, 0.05) is 55.8 Å². The second kappa shape index (κ2) is 9.61. The Morgan fingerprint density at radius 2 is 1.72 bits per heavy atom. The van der Waals surface area contributed by atoms with Gasteiger partial charge >= 0.3 is 0 Å². The molecule has 7 heteroatoms. The third-order valence-corrected chi connectivity index (χ3v) is 6.93. The molecule has 0 aromatic heterocycles. The van der Waals surface area contributed by atoms with Gasteiger partial charge in [-0.3, -0.25) is 14.5 Å². The zero-order valence-electron chi connectivity index (χ0n) is 18.4. The van der Waals surface area contributed by atoms with Crippen LogP contribution in [0.15, 0.2) is 54.6 Å². The molecule has 0 spiro atoms. The molecule has 0 bridgehead atoms. The molecule has 2 heterocycles. The third-order valence-electron chi connectivity index (χ3n) is 6.68. The fourth-order valence-electron chi connectivity index (χ4n) is 4.89. The van der Waals surface area contributed by atoms with Crippen molar-refractivity contribution in [2.75, 3.05) is 39.3 Å². The summed E-state index contributed by atoms with van der Waals surface area (Å²) in [6.45, 7) is 4.83. The molecule has 2 saturated heterocycles. The lowest BCUT2D eigenvalue weighted by Gasteiger charge is -2.56. The van der Waals surface area contributed by atoms with Gasteiger partial charge in [0.2, 0.25) is 5.91 Å². The highest BCUT2D eigenvalue weighted by Gasteiger charge is 2.46. The largest absolute Gasteiger partial charge is 0.394 e. The van der Waals surface area contributed by atoms with Gasteiger partial charge in [0.15, 0.2) is 0 Å².